The molecule has 2 aliphatic rings. The van der Waals surface area contributed by atoms with Gasteiger partial charge in [0.15, 0.2) is 0 Å². The second kappa shape index (κ2) is 5.00. The van der Waals surface area contributed by atoms with Crippen molar-refractivity contribution >= 4 is 0 Å². The Balaban J connectivity index is 1.69. The smallest absolute Gasteiger partial charge is 0.0678 e. The van der Waals surface area contributed by atoms with Gasteiger partial charge in [-0.25, -0.2) is 0 Å². The molecule has 2 aliphatic heterocycles. The first-order valence-electron chi connectivity index (χ1n) is 6.90. The zero-order valence-corrected chi connectivity index (χ0v) is 11.3. The summed E-state index contributed by atoms with van der Waals surface area (Å²) >= 11 is 0. The van der Waals surface area contributed by atoms with Crippen LogP contribution >= 0.6 is 0 Å². The average Bonchev–Trinajstić information content (AvgIpc) is 2.74. The van der Waals surface area contributed by atoms with Gasteiger partial charge in [-0.15, -0.1) is 0 Å². The first-order chi connectivity index (χ1) is 8.70. The van der Waals surface area contributed by atoms with Gasteiger partial charge in [0.1, 0.15) is 0 Å². The molecule has 18 heavy (non-hydrogen) atoms. The zero-order chi connectivity index (χ0) is 12.5. The maximum absolute atomic E-state index is 5.78. The summed E-state index contributed by atoms with van der Waals surface area (Å²) < 4.78 is 5.78. The van der Waals surface area contributed by atoms with Crippen LogP contribution in [0.2, 0.25) is 0 Å². The fraction of sp³-hybridized carbons (Fsp3) is 0.600. The topological polar surface area (TPSA) is 24.5 Å². The molecule has 2 unspecified atom stereocenters. The van der Waals surface area contributed by atoms with Crippen LogP contribution < -0.4 is 5.32 Å². The third-order valence-electron chi connectivity index (χ3n) is 3.80. The summed E-state index contributed by atoms with van der Waals surface area (Å²) in [5.74, 6) is 0. The Hall–Kier alpha value is -0.900. The van der Waals surface area contributed by atoms with Gasteiger partial charge in [-0.1, -0.05) is 18.2 Å². The van der Waals surface area contributed by atoms with Crippen molar-refractivity contribution in [1.82, 2.24) is 10.2 Å². The van der Waals surface area contributed by atoms with Gasteiger partial charge < -0.3 is 10.1 Å². The number of nitrogens with one attached hydrogen (secondary N) is 1. The Bertz CT molecular complexity index is 423. The predicted octanol–water partition coefficient (Wildman–Crippen LogP) is 1.90. The molecule has 0 spiro atoms. The summed E-state index contributed by atoms with van der Waals surface area (Å²) in [4.78, 5) is 2.50. The van der Waals surface area contributed by atoms with E-state index in [4.69, 9.17) is 4.74 Å². The van der Waals surface area contributed by atoms with Crippen LogP contribution in [0.5, 0.6) is 0 Å². The van der Waals surface area contributed by atoms with Crippen LogP contribution in [0.25, 0.3) is 0 Å². The molecule has 1 N–H and O–H groups in total. The van der Waals surface area contributed by atoms with Gasteiger partial charge in [-0.2, -0.15) is 0 Å². The lowest BCUT2D eigenvalue weighted by Crippen LogP contribution is -2.44. The van der Waals surface area contributed by atoms with Gasteiger partial charge in [0.25, 0.3) is 0 Å². The fourth-order valence-corrected chi connectivity index (χ4v) is 3.12. The van der Waals surface area contributed by atoms with Gasteiger partial charge in [-0.3, -0.25) is 4.90 Å². The first kappa shape index (κ1) is 12.2. The third-order valence-corrected chi connectivity index (χ3v) is 3.80. The van der Waals surface area contributed by atoms with Crippen molar-refractivity contribution < 1.29 is 4.74 Å². The second-order valence-electron chi connectivity index (χ2n) is 5.66. The van der Waals surface area contributed by atoms with Crippen LogP contribution in [0.4, 0.5) is 0 Å². The van der Waals surface area contributed by atoms with E-state index in [1.807, 2.05) is 0 Å². The van der Waals surface area contributed by atoms with Crippen LogP contribution in [-0.4, -0.2) is 30.2 Å². The lowest BCUT2D eigenvalue weighted by Gasteiger charge is -2.35. The van der Waals surface area contributed by atoms with E-state index < -0.39 is 0 Å². The zero-order valence-electron chi connectivity index (χ0n) is 11.3. The van der Waals surface area contributed by atoms with E-state index in [1.54, 1.807) is 0 Å². The number of hydrogen-bond donors (Lipinski definition) is 1. The minimum atomic E-state index is 0.352. The monoisotopic (exact) mass is 246 g/mol. The van der Waals surface area contributed by atoms with Crippen molar-refractivity contribution in [2.24, 2.45) is 0 Å². The Morgan fingerprint density at radius 2 is 1.89 bits per heavy atom. The Kier molecular flexibility index (Phi) is 3.37. The number of benzene rings is 1. The molecule has 3 heteroatoms. The number of rotatable bonds is 2. The SMILES string of the molecule is CC1CN(Cc2ccc3c(c2)CNC3)CC(C)O1. The standard InChI is InChI=1S/C15H22N2O/c1-11-8-17(9-12(2)18-11)10-13-3-4-14-6-16-7-15(14)5-13/h3-5,11-12,16H,6-10H2,1-2H3. The maximum atomic E-state index is 5.78. The second-order valence-corrected chi connectivity index (χ2v) is 5.66. The molecule has 0 radical (unpaired) electrons. The van der Waals surface area contributed by atoms with Crippen molar-refractivity contribution in [2.75, 3.05) is 13.1 Å². The first-order valence-corrected chi connectivity index (χ1v) is 6.90. The highest BCUT2D eigenvalue weighted by atomic mass is 16.5. The van der Waals surface area contributed by atoms with Crippen LogP contribution in [0.1, 0.15) is 30.5 Å². The van der Waals surface area contributed by atoms with Crippen LogP contribution in [-0.2, 0) is 24.4 Å². The molecule has 0 aromatic heterocycles. The van der Waals surface area contributed by atoms with E-state index >= 15 is 0 Å². The molecule has 0 bridgehead atoms. The van der Waals surface area contributed by atoms with Gasteiger partial charge in [-0.05, 0) is 30.5 Å². The molecular weight excluding hydrogens is 224 g/mol. The van der Waals surface area contributed by atoms with E-state index in [0.29, 0.717) is 12.2 Å². The summed E-state index contributed by atoms with van der Waals surface area (Å²) in [5, 5.41) is 3.40. The van der Waals surface area contributed by atoms with Gasteiger partial charge in [0.2, 0.25) is 0 Å². The van der Waals surface area contributed by atoms with Gasteiger partial charge in [0.05, 0.1) is 12.2 Å². The Morgan fingerprint density at radius 1 is 1.17 bits per heavy atom. The normalized spacial score (nSPS) is 28.3. The largest absolute Gasteiger partial charge is 0.373 e. The quantitative estimate of drug-likeness (QED) is 0.862. The molecule has 3 nitrogen and oxygen atoms in total. The Labute approximate surface area is 109 Å². The minimum Gasteiger partial charge on any atom is -0.373 e. The lowest BCUT2D eigenvalue weighted by atomic mass is 10.1. The summed E-state index contributed by atoms with van der Waals surface area (Å²) in [6.45, 7) is 9.51. The highest BCUT2D eigenvalue weighted by Gasteiger charge is 2.22. The van der Waals surface area contributed by atoms with Gasteiger partial charge >= 0.3 is 0 Å². The van der Waals surface area contributed by atoms with E-state index in [2.05, 4.69) is 42.3 Å². The molecule has 0 aliphatic carbocycles. The number of nitrogens with zero attached hydrogens (tertiary/aromatic N) is 1. The van der Waals surface area contributed by atoms with Crippen molar-refractivity contribution in [3.05, 3.63) is 34.9 Å². The summed E-state index contributed by atoms with van der Waals surface area (Å²) in [5.41, 5.74) is 4.36. The average molecular weight is 246 g/mol. The van der Waals surface area contributed by atoms with E-state index in [1.165, 1.54) is 16.7 Å². The molecule has 1 fully saturated rings. The highest BCUT2D eigenvalue weighted by Crippen LogP contribution is 2.19. The van der Waals surface area contributed by atoms with Crippen molar-refractivity contribution in [2.45, 2.75) is 45.7 Å². The third kappa shape index (κ3) is 2.58. The lowest BCUT2D eigenvalue weighted by molar-refractivity contribution is -0.0704. The molecular formula is C15H22N2O. The number of hydrogen-bond acceptors (Lipinski definition) is 3. The summed E-state index contributed by atoms with van der Waals surface area (Å²) in [6, 6.07) is 6.91. The molecule has 1 aromatic carbocycles. The molecule has 1 saturated heterocycles. The molecule has 0 amide bonds. The van der Waals surface area contributed by atoms with Crippen molar-refractivity contribution in [1.29, 1.82) is 0 Å². The van der Waals surface area contributed by atoms with E-state index in [-0.39, 0.29) is 0 Å². The summed E-state index contributed by atoms with van der Waals surface area (Å²) in [6.07, 6.45) is 0.703. The Morgan fingerprint density at radius 3 is 2.67 bits per heavy atom. The molecule has 0 saturated carbocycles. The molecule has 3 rings (SSSR count). The van der Waals surface area contributed by atoms with Crippen LogP contribution in [0.15, 0.2) is 18.2 Å². The molecule has 98 valence electrons. The predicted molar refractivity (Wildman–Crippen MR) is 72.3 cm³/mol. The highest BCUT2D eigenvalue weighted by molar-refractivity contribution is 5.34. The summed E-state index contributed by atoms with van der Waals surface area (Å²) in [7, 11) is 0. The molecule has 2 atom stereocenters. The van der Waals surface area contributed by atoms with Crippen molar-refractivity contribution in [3.8, 4) is 0 Å². The molecule has 1 aromatic rings. The van der Waals surface area contributed by atoms with E-state index in [0.717, 1.165) is 32.7 Å². The minimum absolute atomic E-state index is 0.352. The number of morpholine rings is 1. The number of ether oxygens (including phenoxy) is 1. The van der Waals surface area contributed by atoms with Crippen molar-refractivity contribution in [3.63, 3.8) is 0 Å². The van der Waals surface area contributed by atoms with Crippen LogP contribution in [0, 0.1) is 0 Å². The fourth-order valence-electron chi connectivity index (χ4n) is 3.12. The molecule has 2 heterocycles. The van der Waals surface area contributed by atoms with Crippen LogP contribution in [0.3, 0.4) is 0 Å². The van der Waals surface area contributed by atoms with E-state index in [9.17, 15) is 0 Å². The van der Waals surface area contributed by atoms with Gasteiger partial charge in [0, 0.05) is 32.7 Å². The number of fused-ring (bicyclic) bond motifs is 1. The maximum Gasteiger partial charge on any atom is 0.0678 e.